The first-order valence-electron chi connectivity index (χ1n) is 4.74. The van der Waals surface area contributed by atoms with Gasteiger partial charge in [0.2, 0.25) is 0 Å². The molecule has 5 nitrogen and oxygen atoms in total. The Labute approximate surface area is 97.1 Å². The van der Waals surface area contributed by atoms with Crippen LogP contribution >= 0.6 is 11.6 Å². The summed E-state index contributed by atoms with van der Waals surface area (Å²) < 4.78 is 0.988. The molecule has 0 aliphatic carbocycles. The Bertz CT molecular complexity index is 508. The molecular weight excluding hydrogens is 230 g/mol. The van der Waals surface area contributed by atoms with Crippen molar-refractivity contribution in [2.75, 3.05) is 7.05 Å². The van der Waals surface area contributed by atoms with Gasteiger partial charge in [-0.25, -0.2) is 9.36 Å². The maximum Gasteiger partial charge on any atom is 0.334 e. The molecule has 16 heavy (non-hydrogen) atoms. The lowest BCUT2D eigenvalue weighted by atomic mass is 10.3. The van der Waals surface area contributed by atoms with Gasteiger partial charge >= 0.3 is 5.69 Å². The highest BCUT2D eigenvalue weighted by molar-refractivity contribution is 6.29. The van der Waals surface area contributed by atoms with Crippen LogP contribution in [0.2, 0.25) is 5.15 Å². The minimum atomic E-state index is -0.572. The lowest BCUT2D eigenvalue weighted by Gasteiger charge is -2.04. The second-order valence-electron chi connectivity index (χ2n) is 3.02. The van der Waals surface area contributed by atoms with Gasteiger partial charge in [-0.2, -0.15) is 0 Å². The molecule has 0 amide bonds. The summed E-state index contributed by atoms with van der Waals surface area (Å²) in [5.41, 5.74) is -0.613. The van der Waals surface area contributed by atoms with Gasteiger partial charge < -0.3 is 0 Å². The largest absolute Gasteiger partial charge is 0.334 e. The van der Waals surface area contributed by atoms with Crippen LogP contribution in [0.25, 0.3) is 5.70 Å². The Hall–Kier alpha value is -1.62. The fourth-order valence-corrected chi connectivity index (χ4v) is 1.43. The zero-order valence-electron chi connectivity index (χ0n) is 9.03. The van der Waals surface area contributed by atoms with Crippen molar-refractivity contribution in [3.63, 3.8) is 0 Å². The molecule has 0 atom stereocenters. The van der Waals surface area contributed by atoms with Gasteiger partial charge in [0.15, 0.2) is 0 Å². The minimum absolute atomic E-state index is 0.0236. The number of hydrogen-bond donors (Lipinski definition) is 1. The Balaban J connectivity index is 3.48. The molecule has 0 unspecified atom stereocenters. The predicted octanol–water partition coefficient (Wildman–Crippen LogP) is 1.14. The minimum Gasteiger partial charge on any atom is -0.297 e. The topological polar surface area (TPSA) is 67.2 Å². The van der Waals surface area contributed by atoms with Crippen LogP contribution < -0.4 is 11.2 Å². The van der Waals surface area contributed by atoms with Gasteiger partial charge in [-0.3, -0.25) is 14.8 Å². The van der Waals surface area contributed by atoms with E-state index in [1.807, 2.05) is 6.92 Å². The van der Waals surface area contributed by atoms with E-state index >= 15 is 0 Å². The van der Waals surface area contributed by atoms with Gasteiger partial charge in [0.05, 0.1) is 5.70 Å². The maximum atomic E-state index is 11.6. The Morgan fingerprint density at radius 2 is 2.31 bits per heavy atom. The molecule has 0 aromatic carbocycles. The van der Waals surface area contributed by atoms with Crippen molar-refractivity contribution in [2.24, 2.45) is 4.99 Å². The first-order chi connectivity index (χ1) is 7.60. The fourth-order valence-electron chi connectivity index (χ4n) is 1.25. The van der Waals surface area contributed by atoms with E-state index in [1.54, 1.807) is 13.1 Å². The molecule has 0 radical (unpaired) electrons. The normalized spacial score (nSPS) is 12.3. The molecule has 1 aromatic heterocycles. The summed E-state index contributed by atoms with van der Waals surface area (Å²) in [5.74, 6) is 0. The van der Waals surface area contributed by atoms with E-state index in [2.05, 4.69) is 9.98 Å². The molecule has 1 heterocycles. The number of aromatic amines is 1. The Morgan fingerprint density at radius 1 is 1.62 bits per heavy atom. The molecular formula is C10H12ClN3O2. The van der Waals surface area contributed by atoms with E-state index in [4.69, 9.17) is 11.6 Å². The molecule has 6 heteroatoms. The quantitative estimate of drug-likeness (QED) is 0.637. The Kier molecular flexibility index (Phi) is 4.25. The highest BCUT2D eigenvalue weighted by Crippen LogP contribution is 1.99. The molecule has 0 aliphatic heterocycles. The van der Waals surface area contributed by atoms with Crippen molar-refractivity contribution in [1.82, 2.24) is 9.55 Å². The SMILES string of the molecule is CC/C=C(\C=NC)n1c(=O)cc(Cl)[nH]c1=O. The lowest BCUT2D eigenvalue weighted by Crippen LogP contribution is -2.34. The number of halogens is 1. The zero-order valence-corrected chi connectivity index (χ0v) is 9.78. The van der Waals surface area contributed by atoms with E-state index in [9.17, 15) is 9.59 Å². The number of nitrogens with one attached hydrogen (secondary N) is 1. The number of rotatable bonds is 3. The molecule has 0 saturated heterocycles. The van der Waals surface area contributed by atoms with Crippen LogP contribution in [0.3, 0.4) is 0 Å². The predicted molar refractivity (Wildman–Crippen MR) is 65.3 cm³/mol. The number of H-pyrrole nitrogens is 1. The molecule has 86 valence electrons. The molecule has 1 aromatic rings. The van der Waals surface area contributed by atoms with Crippen LogP contribution in [-0.4, -0.2) is 22.8 Å². The van der Waals surface area contributed by atoms with Crippen LogP contribution in [0.1, 0.15) is 13.3 Å². The summed E-state index contributed by atoms with van der Waals surface area (Å²) in [6, 6.07) is 1.15. The van der Waals surface area contributed by atoms with Crippen LogP contribution in [-0.2, 0) is 0 Å². The molecule has 1 N–H and O–H groups in total. The van der Waals surface area contributed by atoms with Gasteiger partial charge in [-0.05, 0) is 6.42 Å². The third-order valence-corrected chi connectivity index (χ3v) is 2.04. The summed E-state index contributed by atoms with van der Waals surface area (Å²) in [5, 5.41) is 0.0236. The second-order valence-corrected chi connectivity index (χ2v) is 3.43. The van der Waals surface area contributed by atoms with Gasteiger partial charge in [-0.1, -0.05) is 24.6 Å². The average Bonchev–Trinajstić information content (AvgIpc) is 2.16. The molecule has 0 saturated carbocycles. The van der Waals surface area contributed by atoms with Crippen molar-refractivity contribution >= 4 is 23.5 Å². The lowest BCUT2D eigenvalue weighted by molar-refractivity contribution is 0.904. The standard InChI is InChI=1S/C10H12ClN3O2/c1-3-4-7(6-12-2)14-9(15)5-8(11)13-10(14)16/h4-6H,3H2,1-2H3,(H,13,16)/b7-4+,12-6?. The van der Waals surface area contributed by atoms with Crippen LogP contribution in [0.15, 0.2) is 26.7 Å². The maximum absolute atomic E-state index is 11.6. The highest BCUT2D eigenvalue weighted by Gasteiger charge is 2.06. The van der Waals surface area contributed by atoms with Crippen LogP contribution in [0.5, 0.6) is 0 Å². The summed E-state index contributed by atoms with van der Waals surface area (Å²) in [6.07, 6.45) is 3.88. The first kappa shape index (κ1) is 12.4. The van der Waals surface area contributed by atoms with Crippen LogP contribution in [0, 0.1) is 0 Å². The third kappa shape index (κ3) is 2.70. The second kappa shape index (κ2) is 5.46. The average molecular weight is 242 g/mol. The van der Waals surface area contributed by atoms with Gasteiger partial charge in [0, 0.05) is 19.3 Å². The molecule has 0 bridgehead atoms. The summed E-state index contributed by atoms with van der Waals surface area (Å²) >= 11 is 5.56. The molecule has 0 aliphatic rings. The van der Waals surface area contributed by atoms with E-state index < -0.39 is 11.2 Å². The van der Waals surface area contributed by atoms with Gasteiger partial charge in [0.1, 0.15) is 5.15 Å². The number of aliphatic imine (C=N–C) groups is 1. The number of hydrogen-bond acceptors (Lipinski definition) is 3. The monoisotopic (exact) mass is 241 g/mol. The van der Waals surface area contributed by atoms with Gasteiger partial charge in [-0.15, -0.1) is 0 Å². The van der Waals surface area contributed by atoms with Crippen molar-refractivity contribution in [3.8, 4) is 0 Å². The van der Waals surface area contributed by atoms with Crippen molar-refractivity contribution < 1.29 is 0 Å². The van der Waals surface area contributed by atoms with E-state index in [1.165, 1.54) is 6.21 Å². The Morgan fingerprint density at radius 3 is 2.81 bits per heavy atom. The number of aromatic nitrogens is 2. The smallest absolute Gasteiger partial charge is 0.297 e. The van der Waals surface area contributed by atoms with Gasteiger partial charge in [0.25, 0.3) is 5.56 Å². The van der Waals surface area contributed by atoms with Crippen LogP contribution in [0.4, 0.5) is 0 Å². The van der Waals surface area contributed by atoms with Crippen molar-refractivity contribution in [2.45, 2.75) is 13.3 Å². The van der Waals surface area contributed by atoms with E-state index in [0.717, 1.165) is 10.6 Å². The van der Waals surface area contributed by atoms with E-state index in [-0.39, 0.29) is 5.15 Å². The summed E-state index contributed by atoms with van der Waals surface area (Å²) in [6.45, 7) is 1.90. The summed E-state index contributed by atoms with van der Waals surface area (Å²) in [4.78, 5) is 29.3. The third-order valence-electron chi connectivity index (χ3n) is 1.83. The van der Waals surface area contributed by atoms with Crippen molar-refractivity contribution in [3.05, 3.63) is 38.1 Å². The zero-order chi connectivity index (χ0) is 12.1. The number of nitrogens with zero attached hydrogens (tertiary/aromatic N) is 2. The summed E-state index contributed by atoms with van der Waals surface area (Å²) in [7, 11) is 1.57. The highest BCUT2D eigenvalue weighted by atomic mass is 35.5. The number of allylic oxidation sites excluding steroid dienone is 2. The molecule has 0 spiro atoms. The first-order valence-corrected chi connectivity index (χ1v) is 5.12. The van der Waals surface area contributed by atoms with E-state index in [0.29, 0.717) is 12.1 Å². The molecule has 0 fully saturated rings. The van der Waals surface area contributed by atoms with Crippen molar-refractivity contribution in [1.29, 1.82) is 0 Å². The fraction of sp³-hybridized carbons (Fsp3) is 0.300. The molecule has 1 rings (SSSR count).